The third-order valence-electron chi connectivity index (χ3n) is 2.50. The molecule has 0 saturated carbocycles. The van der Waals surface area contributed by atoms with Crippen molar-refractivity contribution in [3.8, 4) is 5.75 Å². The fraction of sp³-hybridized carbons (Fsp3) is 0.500. The quantitative estimate of drug-likeness (QED) is 0.808. The molecule has 0 aliphatic carbocycles. The fourth-order valence-corrected chi connectivity index (χ4v) is 1.54. The van der Waals surface area contributed by atoms with Gasteiger partial charge in [-0.05, 0) is 38.0 Å². The van der Waals surface area contributed by atoms with Crippen LogP contribution in [0.25, 0.3) is 0 Å². The molecule has 0 heterocycles. The van der Waals surface area contributed by atoms with E-state index in [9.17, 15) is 4.79 Å². The molecule has 2 atom stereocenters. The number of carbonyl (C=O) groups excluding carboxylic acids is 1. The van der Waals surface area contributed by atoms with E-state index in [4.69, 9.17) is 9.84 Å². The molecule has 4 heteroatoms. The minimum Gasteiger partial charge on any atom is -0.481 e. The molecule has 0 fully saturated rings. The number of benzene rings is 1. The predicted octanol–water partition coefficient (Wildman–Crippen LogP) is 1.65. The van der Waals surface area contributed by atoms with Gasteiger partial charge in [-0.25, -0.2) is 0 Å². The monoisotopic (exact) mass is 251 g/mol. The summed E-state index contributed by atoms with van der Waals surface area (Å²) in [5.41, 5.74) is 1.09. The molecule has 2 N–H and O–H groups in total. The molecule has 0 aromatic heterocycles. The third kappa shape index (κ3) is 4.75. The Morgan fingerprint density at radius 1 is 1.50 bits per heavy atom. The lowest BCUT2D eigenvalue weighted by molar-refractivity contribution is -0.128. The first-order valence-electron chi connectivity index (χ1n) is 6.22. The Hall–Kier alpha value is -1.55. The van der Waals surface area contributed by atoms with Crippen molar-refractivity contribution in [2.75, 3.05) is 6.54 Å². The van der Waals surface area contributed by atoms with Crippen molar-refractivity contribution < 1.29 is 14.6 Å². The van der Waals surface area contributed by atoms with Gasteiger partial charge in [0, 0.05) is 6.54 Å². The van der Waals surface area contributed by atoms with Crippen molar-refractivity contribution in [3.05, 3.63) is 29.8 Å². The molecular weight excluding hydrogens is 230 g/mol. The second kappa shape index (κ2) is 7.01. The van der Waals surface area contributed by atoms with E-state index in [0.717, 1.165) is 5.56 Å². The Balaban J connectivity index is 2.58. The molecule has 4 nitrogen and oxygen atoms in total. The topological polar surface area (TPSA) is 58.6 Å². The smallest absolute Gasteiger partial charge is 0.261 e. The molecule has 1 aromatic rings. The highest BCUT2D eigenvalue weighted by atomic mass is 16.5. The molecule has 1 rings (SSSR count). The fourth-order valence-electron chi connectivity index (χ4n) is 1.54. The van der Waals surface area contributed by atoms with E-state index in [1.165, 1.54) is 0 Å². The van der Waals surface area contributed by atoms with Gasteiger partial charge in [0.2, 0.25) is 0 Å². The number of ether oxygens (including phenoxy) is 1. The molecule has 0 bridgehead atoms. The van der Waals surface area contributed by atoms with E-state index in [-0.39, 0.29) is 12.5 Å². The largest absolute Gasteiger partial charge is 0.481 e. The lowest BCUT2D eigenvalue weighted by Gasteiger charge is -2.18. The normalized spacial score (nSPS) is 13.8. The molecule has 100 valence electrons. The Morgan fingerprint density at radius 3 is 2.78 bits per heavy atom. The van der Waals surface area contributed by atoms with Crippen LogP contribution in [0.1, 0.15) is 25.8 Å². The second-order valence-corrected chi connectivity index (χ2v) is 4.43. The molecule has 0 radical (unpaired) electrons. The number of aliphatic hydroxyl groups is 1. The van der Waals surface area contributed by atoms with E-state index in [2.05, 4.69) is 5.32 Å². The Morgan fingerprint density at radius 2 is 2.22 bits per heavy atom. The number of aliphatic hydroxyl groups excluding tert-OH is 1. The second-order valence-electron chi connectivity index (χ2n) is 4.43. The van der Waals surface area contributed by atoms with Crippen LogP contribution in [0.5, 0.6) is 5.75 Å². The number of amides is 1. The number of nitrogens with one attached hydrogen (secondary N) is 1. The predicted molar refractivity (Wildman–Crippen MR) is 70.6 cm³/mol. The number of aryl methyl sites for hydroxylation is 1. The molecule has 0 saturated heterocycles. The van der Waals surface area contributed by atoms with Crippen LogP contribution >= 0.6 is 0 Å². The number of hydrogen-bond donors (Lipinski definition) is 2. The summed E-state index contributed by atoms with van der Waals surface area (Å²) in [5.74, 6) is 0.494. The van der Waals surface area contributed by atoms with Crippen molar-refractivity contribution in [1.29, 1.82) is 0 Å². The Bertz CT molecular complexity index is 390. The number of hydrogen-bond acceptors (Lipinski definition) is 3. The lowest BCUT2D eigenvalue weighted by Crippen LogP contribution is -2.40. The van der Waals surface area contributed by atoms with Gasteiger partial charge < -0.3 is 15.2 Å². The minimum atomic E-state index is -0.551. The van der Waals surface area contributed by atoms with Gasteiger partial charge in [-0.3, -0.25) is 4.79 Å². The van der Waals surface area contributed by atoms with E-state index in [1.807, 2.05) is 38.1 Å². The molecule has 0 aliphatic rings. The zero-order valence-electron chi connectivity index (χ0n) is 11.1. The highest BCUT2D eigenvalue weighted by Gasteiger charge is 2.18. The molecule has 1 aromatic carbocycles. The van der Waals surface area contributed by atoms with Gasteiger partial charge in [0.05, 0.1) is 6.10 Å². The van der Waals surface area contributed by atoms with E-state index >= 15 is 0 Å². The Kier molecular flexibility index (Phi) is 5.65. The van der Waals surface area contributed by atoms with Gasteiger partial charge in [0.15, 0.2) is 6.10 Å². The van der Waals surface area contributed by atoms with E-state index in [0.29, 0.717) is 12.2 Å². The van der Waals surface area contributed by atoms with Gasteiger partial charge in [-0.15, -0.1) is 0 Å². The summed E-state index contributed by atoms with van der Waals surface area (Å²) in [7, 11) is 0. The van der Waals surface area contributed by atoms with Gasteiger partial charge in [0.1, 0.15) is 5.75 Å². The zero-order valence-corrected chi connectivity index (χ0v) is 11.1. The van der Waals surface area contributed by atoms with Crippen LogP contribution in [0, 0.1) is 6.92 Å². The maximum atomic E-state index is 11.8. The summed E-state index contributed by atoms with van der Waals surface area (Å²) in [6, 6.07) is 7.59. The molecule has 2 unspecified atom stereocenters. The maximum Gasteiger partial charge on any atom is 0.261 e. The molecule has 1 amide bonds. The standard InChI is InChI=1S/C14H21NO3/c1-4-13(14(17)15-9-11(3)16)18-12-7-5-6-10(2)8-12/h5-8,11,13,16H,4,9H2,1-3H3,(H,15,17). The van der Waals surface area contributed by atoms with Gasteiger partial charge in [-0.1, -0.05) is 19.1 Å². The van der Waals surface area contributed by atoms with Crippen LogP contribution in [0.15, 0.2) is 24.3 Å². The van der Waals surface area contributed by atoms with Gasteiger partial charge in [-0.2, -0.15) is 0 Å². The summed E-state index contributed by atoms with van der Waals surface area (Å²) in [4.78, 5) is 11.8. The van der Waals surface area contributed by atoms with Gasteiger partial charge >= 0.3 is 0 Å². The first-order chi connectivity index (χ1) is 8.52. The van der Waals surface area contributed by atoms with Crippen LogP contribution in [0.3, 0.4) is 0 Å². The van der Waals surface area contributed by atoms with Crippen LogP contribution in [0.2, 0.25) is 0 Å². The van der Waals surface area contributed by atoms with Crippen LogP contribution in [0.4, 0.5) is 0 Å². The van der Waals surface area contributed by atoms with Crippen molar-refractivity contribution in [2.45, 2.75) is 39.4 Å². The van der Waals surface area contributed by atoms with Crippen molar-refractivity contribution in [1.82, 2.24) is 5.32 Å². The summed E-state index contributed by atoms with van der Waals surface area (Å²) in [6.45, 7) is 5.74. The average molecular weight is 251 g/mol. The molecule has 0 aliphatic heterocycles. The zero-order chi connectivity index (χ0) is 13.5. The maximum absolute atomic E-state index is 11.8. The molecular formula is C14H21NO3. The third-order valence-corrected chi connectivity index (χ3v) is 2.50. The first kappa shape index (κ1) is 14.5. The first-order valence-corrected chi connectivity index (χ1v) is 6.22. The summed E-state index contributed by atoms with van der Waals surface area (Å²) in [5, 5.41) is 11.8. The summed E-state index contributed by atoms with van der Waals surface area (Å²) >= 11 is 0. The highest BCUT2D eigenvalue weighted by Crippen LogP contribution is 2.15. The van der Waals surface area contributed by atoms with Crippen LogP contribution in [-0.4, -0.2) is 29.8 Å². The molecule has 0 spiro atoms. The van der Waals surface area contributed by atoms with Crippen LogP contribution in [-0.2, 0) is 4.79 Å². The molecule has 18 heavy (non-hydrogen) atoms. The highest BCUT2D eigenvalue weighted by molar-refractivity contribution is 5.81. The van der Waals surface area contributed by atoms with E-state index < -0.39 is 12.2 Å². The van der Waals surface area contributed by atoms with E-state index in [1.54, 1.807) is 6.92 Å². The van der Waals surface area contributed by atoms with Crippen LogP contribution < -0.4 is 10.1 Å². The lowest BCUT2D eigenvalue weighted by atomic mass is 10.2. The minimum absolute atomic E-state index is 0.195. The average Bonchev–Trinajstić information content (AvgIpc) is 2.33. The SMILES string of the molecule is CCC(Oc1cccc(C)c1)C(=O)NCC(C)O. The number of carbonyl (C=O) groups is 1. The van der Waals surface area contributed by atoms with Crippen molar-refractivity contribution in [2.24, 2.45) is 0 Å². The Labute approximate surface area is 108 Å². The van der Waals surface area contributed by atoms with Crippen molar-refractivity contribution >= 4 is 5.91 Å². The van der Waals surface area contributed by atoms with Crippen molar-refractivity contribution in [3.63, 3.8) is 0 Å². The summed E-state index contributed by atoms with van der Waals surface area (Å²) < 4.78 is 5.64. The summed E-state index contributed by atoms with van der Waals surface area (Å²) in [6.07, 6.45) is -0.490. The number of rotatable bonds is 6. The van der Waals surface area contributed by atoms with Gasteiger partial charge in [0.25, 0.3) is 5.91 Å².